The van der Waals surface area contributed by atoms with Crippen LogP contribution in [0.4, 0.5) is 0 Å². The fraction of sp³-hybridized carbons (Fsp3) is 0.714. The molecule has 1 unspecified atom stereocenters. The van der Waals surface area contributed by atoms with Crippen LogP contribution in [0.15, 0.2) is 24.3 Å². The van der Waals surface area contributed by atoms with Crippen molar-refractivity contribution in [3.8, 4) is 0 Å². The van der Waals surface area contributed by atoms with Gasteiger partial charge in [-0.15, -0.1) is 0 Å². The van der Waals surface area contributed by atoms with Gasteiger partial charge < -0.3 is 5.11 Å². The van der Waals surface area contributed by atoms with E-state index in [4.69, 9.17) is 5.11 Å². The lowest BCUT2D eigenvalue weighted by molar-refractivity contribution is -0.137. The summed E-state index contributed by atoms with van der Waals surface area (Å²) in [5.74, 6) is 0.973. The number of carboxylic acids is 1. The molecule has 1 aliphatic rings. The van der Waals surface area contributed by atoms with Crippen molar-refractivity contribution in [1.82, 2.24) is 0 Å². The fourth-order valence-electron chi connectivity index (χ4n) is 2.70. The average molecular weight is 337 g/mol. The highest BCUT2D eigenvalue weighted by atomic mass is 16.4. The van der Waals surface area contributed by atoms with Gasteiger partial charge in [-0.05, 0) is 44.4 Å². The molecule has 0 aromatic rings. The van der Waals surface area contributed by atoms with Crippen LogP contribution in [0, 0.1) is 11.8 Å². The van der Waals surface area contributed by atoms with Gasteiger partial charge >= 0.3 is 5.97 Å². The summed E-state index contributed by atoms with van der Waals surface area (Å²) in [4.78, 5) is 21.0. The molecule has 1 rings (SSSR count). The Morgan fingerprint density at radius 2 is 2.08 bits per heavy atom. The summed E-state index contributed by atoms with van der Waals surface area (Å²) in [5, 5.41) is 8.19. The van der Waals surface area contributed by atoms with Crippen LogP contribution >= 0.6 is 0 Å². The first kappa shape index (κ1) is 22.6. The zero-order valence-electron chi connectivity index (χ0n) is 15.8. The molecule has 2 atom stereocenters. The van der Waals surface area contributed by atoms with Crippen LogP contribution in [0.5, 0.6) is 0 Å². The Balaban J connectivity index is 0.000000506. The molecule has 1 N–H and O–H groups in total. The molecule has 24 heavy (non-hydrogen) atoms. The molecule has 0 aliphatic heterocycles. The number of hydrogen-bond acceptors (Lipinski definition) is 2. The summed E-state index contributed by atoms with van der Waals surface area (Å²) >= 11 is 0. The maximum absolute atomic E-state index is 11.1. The van der Waals surface area contributed by atoms with E-state index in [0.717, 1.165) is 32.1 Å². The lowest BCUT2D eigenvalue weighted by Crippen LogP contribution is -1.94. The van der Waals surface area contributed by atoms with Crippen LogP contribution in [-0.4, -0.2) is 16.9 Å². The van der Waals surface area contributed by atoms with Crippen molar-refractivity contribution in [3.05, 3.63) is 24.3 Å². The molecule has 0 bridgehead atoms. The van der Waals surface area contributed by atoms with Gasteiger partial charge in [-0.2, -0.15) is 0 Å². The summed E-state index contributed by atoms with van der Waals surface area (Å²) in [5.41, 5.74) is 0. The lowest BCUT2D eigenvalue weighted by Gasteiger charge is -2.06. The number of hydrogen-bond donors (Lipinski definition) is 1. The van der Waals surface area contributed by atoms with Crippen molar-refractivity contribution in [2.75, 3.05) is 0 Å². The van der Waals surface area contributed by atoms with Crippen molar-refractivity contribution >= 4 is 11.8 Å². The standard InChI is InChI=1S/C14H24O.C7H12O2/c1-3-4-5-6-12(2)7-8-13-9-10-14(15)11-13;1-2-3-4-5-6-7(8)9/h7-8,12-13H,3-6,9-11H2,1-2H3;2-3H,4-6H2,1H3,(H,8,9)/b8-7+;3-2-/t12?,13-;/m0./s1. The van der Waals surface area contributed by atoms with E-state index >= 15 is 0 Å². The number of ketones is 1. The van der Waals surface area contributed by atoms with Crippen LogP contribution in [0.25, 0.3) is 0 Å². The summed E-state index contributed by atoms with van der Waals surface area (Å²) in [7, 11) is 0. The topological polar surface area (TPSA) is 54.4 Å². The predicted octanol–water partition coefficient (Wildman–Crippen LogP) is 5.95. The highest BCUT2D eigenvalue weighted by Gasteiger charge is 2.19. The van der Waals surface area contributed by atoms with E-state index in [1.807, 2.05) is 19.1 Å². The highest BCUT2D eigenvalue weighted by molar-refractivity contribution is 5.80. The summed E-state index contributed by atoms with van der Waals surface area (Å²) in [6.07, 6.45) is 18.4. The number of rotatable bonds is 10. The molecule has 3 nitrogen and oxygen atoms in total. The molecule has 0 radical (unpaired) electrons. The van der Waals surface area contributed by atoms with E-state index in [1.165, 1.54) is 25.7 Å². The normalized spacial score (nSPS) is 18.8. The van der Waals surface area contributed by atoms with Gasteiger partial charge in [0.25, 0.3) is 0 Å². The molecule has 0 spiro atoms. The third kappa shape index (κ3) is 14.2. The highest BCUT2D eigenvalue weighted by Crippen LogP contribution is 2.24. The Morgan fingerprint density at radius 3 is 2.62 bits per heavy atom. The Kier molecular flexibility index (Phi) is 14.3. The summed E-state index contributed by atoms with van der Waals surface area (Å²) < 4.78 is 0. The smallest absolute Gasteiger partial charge is 0.303 e. The van der Waals surface area contributed by atoms with E-state index in [-0.39, 0.29) is 6.42 Å². The minimum absolute atomic E-state index is 0.282. The number of allylic oxidation sites excluding steroid dienone is 4. The van der Waals surface area contributed by atoms with E-state index in [9.17, 15) is 9.59 Å². The Labute approximate surface area is 148 Å². The fourth-order valence-corrected chi connectivity index (χ4v) is 2.70. The minimum Gasteiger partial charge on any atom is -0.481 e. The van der Waals surface area contributed by atoms with Crippen molar-refractivity contribution in [2.45, 2.75) is 85.0 Å². The molecular weight excluding hydrogens is 300 g/mol. The number of Topliss-reactive ketones (excluding diaryl/α,β-unsaturated/α-hetero) is 1. The van der Waals surface area contributed by atoms with E-state index in [1.54, 1.807) is 0 Å². The molecular formula is C21H36O3. The van der Waals surface area contributed by atoms with Crippen LogP contribution in [0.3, 0.4) is 0 Å². The zero-order valence-corrected chi connectivity index (χ0v) is 15.8. The van der Waals surface area contributed by atoms with Gasteiger partial charge in [-0.1, -0.05) is 57.4 Å². The molecule has 0 aromatic heterocycles. The van der Waals surface area contributed by atoms with Crippen molar-refractivity contribution < 1.29 is 14.7 Å². The van der Waals surface area contributed by atoms with E-state index < -0.39 is 5.97 Å². The molecule has 138 valence electrons. The largest absolute Gasteiger partial charge is 0.481 e. The number of carbonyl (C=O) groups is 2. The molecule has 1 fully saturated rings. The number of unbranched alkanes of at least 4 members (excludes halogenated alkanes) is 3. The Bertz CT molecular complexity index is 396. The third-order valence-corrected chi connectivity index (χ3v) is 4.26. The zero-order chi connectivity index (χ0) is 18.2. The van der Waals surface area contributed by atoms with Gasteiger partial charge in [-0.25, -0.2) is 0 Å². The van der Waals surface area contributed by atoms with Crippen molar-refractivity contribution in [2.24, 2.45) is 11.8 Å². The Hall–Kier alpha value is -1.38. The van der Waals surface area contributed by atoms with Crippen LogP contribution in [-0.2, 0) is 9.59 Å². The molecule has 1 aliphatic carbocycles. The maximum Gasteiger partial charge on any atom is 0.303 e. The first-order valence-electron chi connectivity index (χ1n) is 9.52. The summed E-state index contributed by atoms with van der Waals surface area (Å²) in [6.45, 7) is 6.45. The number of carboxylic acid groups (broad SMARTS) is 1. The van der Waals surface area contributed by atoms with Crippen LogP contribution in [0.2, 0.25) is 0 Å². The summed E-state index contributed by atoms with van der Waals surface area (Å²) in [6, 6.07) is 0. The first-order valence-corrected chi connectivity index (χ1v) is 9.52. The molecule has 0 amide bonds. The van der Waals surface area contributed by atoms with Gasteiger partial charge in [-0.3, -0.25) is 9.59 Å². The molecule has 3 heteroatoms. The van der Waals surface area contributed by atoms with E-state index in [2.05, 4.69) is 26.0 Å². The van der Waals surface area contributed by atoms with Gasteiger partial charge in [0.05, 0.1) is 0 Å². The van der Waals surface area contributed by atoms with Crippen molar-refractivity contribution in [1.29, 1.82) is 0 Å². The van der Waals surface area contributed by atoms with Gasteiger partial charge in [0.1, 0.15) is 5.78 Å². The molecule has 0 saturated heterocycles. The second kappa shape index (κ2) is 15.2. The quantitative estimate of drug-likeness (QED) is 0.396. The van der Waals surface area contributed by atoms with Crippen molar-refractivity contribution in [3.63, 3.8) is 0 Å². The second-order valence-corrected chi connectivity index (χ2v) is 6.75. The monoisotopic (exact) mass is 336 g/mol. The SMILES string of the molecule is C/C=C\CCCC(=O)O.CCCCCC(C)/C=C/[C@H]1CCC(=O)C1. The second-order valence-electron chi connectivity index (χ2n) is 6.75. The van der Waals surface area contributed by atoms with Crippen LogP contribution < -0.4 is 0 Å². The minimum atomic E-state index is -0.709. The predicted molar refractivity (Wildman–Crippen MR) is 101 cm³/mol. The van der Waals surface area contributed by atoms with Gasteiger partial charge in [0.15, 0.2) is 0 Å². The van der Waals surface area contributed by atoms with Gasteiger partial charge in [0, 0.05) is 19.3 Å². The maximum atomic E-state index is 11.1. The molecule has 0 aromatic carbocycles. The average Bonchev–Trinajstić information content (AvgIpc) is 2.96. The first-order chi connectivity index (χ1) is 11.5. The number of aliphatic carboxylic acids is 1. The number of carbonyl (C=O) groups excluding carboxylic acids is 1. The lowest BCUT2D eigenvalue weighted by atomic mass is 9.99. The van der Waals surface area contributed by atoms with E-state index in [0.29, 0.717) is 17.6 Å². The Morgan fingerprint density at radius 1 is 1.33 bits per heavy atom. The van der Waals surface area contributed by atoms with Crippen LogP contribution in [0.1, 0.15) is 85.0 Å². The molecule has 1 saturated carbocycles. The molecule has 0 heterocycles. The third-order valence-electron chi connectivity index (χ3n) is 4.26. The van der Waals surface area contributed by atoms with Gasteiger partial charge in [0.2, 0.25) is 0 Å².